The molecule has 4 N–H and O–H groups in total. The summed E-state index contributed by atoms with van der Waals surface area (Å²) >= 11 is 1.86. The number of nitrogen functional groups attached to an aromatic ring is 2. The standard InChI is InChI=1S/C19H17N5OS3/c20-15-5-4-10(7-22-15)13-6-12(14-8-26-9-23-14)16-17(21)19(27-18(16)24-13)28(25)11-2-1-3-11/h4-9,11H,1-3,21H2,(H2,20,22). The lowest BCUT2D eigenvalue weighted by molar-refractivity contribution is 0.478. The van der Waals surface area contributed by atoms with Crippen molar-refractivity contribution in [1.82, 2.24) is 15.0 Å². The molecule has 0 spiro atoms. The number of hydrogen-bond acceptors (Lipinski definition) is 8. The molecule has 142 valence electrons. The van der Waals surface area contributed by atoms with Crippen LogP contribution in [0.2, 0.25) is 0 Å². The summed E-state index contributed by atoms with van der Waals surface area (Å²) in [7, 11) is 0. The monoisotopic (exact) mass is 427 g/mol. The van der Waals surface area contributed by atoms with E-state index < -0.39 is 11.2 Å². The van der Waals surface area contributed by atoms with E-state index in [9.17, 15) is 4.55 Å². The van der Waals surface area contributed by atoms with E-state index in [-0.39, 0.29) is 5.25 Å². The van der Waals surface area contributed by atoms with Crippen LogP contribution in [0.15, 0.2) is 39.5 Å². The van der Waals surface area contributed by atoms with Crippen molar-refractivity contribution in [3.8, 4) is 22.5 Å². The average molecular weight is 428 g/mol. The molecule has 0 amide bonds. The number of thiophene rings is 1. The number of thiazole rings is 1. The molecule has 1 fully saturated rings. The van der Waals surface area contributed by atoms with Gasteiger partial charge >= 0.3 is 0 Å². The van der Waals surface area contributed by atoms with Crippen LogP contribution in [0.5, 0.6) is 0 Å². The highest BCUT2D eigenvalue weighted by Gasteiger charge is 2.35. The maximum Gasteiger partial charge on any atom is 0.232 e. The van der Waals surface area contributed by atoms with Gasteiger partial charge in [0.05, 0.1) is 16.9 Å². The summed E-state index contributed by atoms with van der Waals surface area (Å²) in [5, 5.41) is 3.03. The minimum atomic E-state index is -1.09. The van der Waals surface area contributed by atoms with Gasteiger partial charge in [0, 0.05) is 39.3 Å². The van der Waals surface area contributed by atoms with Crippen LogP contribution < -0.4 is 11.5 Å². The second-order valence-electron chi connectivity index (χ2n) is 6.73. The van der Waals surface area contributed by atoms with Crippen molar-refractivity contribution in [2.24, 2.45) is 0 Å². The molecule has 1 aliphatic rings. The fourth-order valence-electron chi connectivity index (χ4n) is 3.24. The van der Waals surface area contributed by atoms with Crippen molar-refractivity contribution in [3.63, 3.8) is 0 Å². The highest BCUT2D eigenvalue weighted by atomic mass is 32.2. The zero-order chi connectivity index (χ0) is 19.3. The molecule has 1 unspecified atom stereocenters. The Hall–Kier alpha value is -2.20. The first-order chi connectivity index (χ1) is 13.6. The maximum absolute atomic E-state index is 13.0. The van der Waals surface area contributed by atoms with Crippen molar-refractivity contribution >= 4 is 55.6 Å². The van der Waals surface area contributed by atoms with Crippen molar-refractivity contribution in [2.45, 2.75) is 28.7 Å². The first-order valence-corrected chi connectivity index (χ1v) is 11.8. The van der Waals surface area contributed by atoms with Crippen LogP contribution in [0.1, 0.15) is 19.3 Å². The summed E-state index contributed by atoms with van der Waals surface area (Å²) in [6.45, 7) is 0. The van der Waals surface area contributed by atoms with Crippen LogP contribution in [0.4, 0.5) is 11.5 Å². The molecule has 0 radical (unpaired) electrons. The quantitative estimate of drug-likeness (QED) is 0.469. The van der Waals surface area contributed by atoms with Crippen molar-refractivity contribution in [1.29, 1.82) is 0 Å². The summed E-state index contributed by atoms with van der Waals surface area (Å²) in [6, 6.07) is 5.62. The molecule has 4 aromatic heterocycles. The molecule has 5 rings (SSSR count). The molecule has 4 heterocycles. The molecule has 4 aromatic rings. The number of fused-ring (bicyclic) bond motifs is 1. The van der Waals surface area contributed by atoms with Crippen molar-refractivity contribution in [3.05, 3.63) is 35.3 Å². The topological polar surface area (TPSA) is 114 Å². The predicted molar refractivity (Wildman–Crippen MR) is 117 cm³/mol. The van der Waals surface area contributed by atoms with Crippen molar-refractivity contribution < 1.29 is 4.55 Å². The Morgan fingerprint density at radius 3 is 2.64 bits per heavy atom. The number of hydrogen-bond donors (Lipinski definition) is 2. The van der Waals surface area contributed by atoms with Gasteiger partial charge in [-0.3, -0.25) is 0 Å². The lowest BCUT2D eigenvalue weighted by atomic mass is 10.0. The third kappa shape index (κ3) is 2.95. The molecule has 0 aromatic carbocycles. The normalized spacial score (nSPS) is 15.6. The molecule has 1 atom stereocenters. The van der Waals surface area contributed by atoms with Gasteiger partial charge in [-0.1, -0.05) is 11.3 Å². The molecule has 0 bridgehead atoms. The first-order valence-electron chi connectivity index (χ1n) is 8.86. The van der Waals surface area contributed by atoms with Gasteiger partial charge in [-0.15, -0.1) is 11.3 Å². The molecular formula is C19H17N5OS3. The molecule has 28 heavy (non-hydrogen) atoms. The summed E-state index contributed by atoms with van der Waals surface area (Å²) in [4.78, 5) is 14.2. The largest absolute Gasteiger partial charge is 0.611 e. The molecular weight excluding hydrogens is 410 g/mol. The Morgan fingerprint density at radius 2 is 2.00 bits per heavy atom. The van der Waals surface area contributed by atoms with E-state index in [0.29, 0.717) is 11.5 Å². The van der Waals surface area contributed by atoms with Gasteiger partial charge in [0.1, 0.15) is 21.6 Å². The van der Waals surface area contributed by atoms with Crippen molar-refractivity contribution in [2.75, 3.05) is 11.5 Å². The number of nitrogens with zero attached hydrogens (tertiary/aromatic N) is 3. The number of aromatic nitrogens is 3. The average Bonchev–Trinajstić information content (AvgIpc) is 3.29. The summed E-state index contributed by atoms with van der Waals surface area (Å²) in [5.74, 6) is 0.461. The predicted octanol–water partition coefficient (Wildman–Crippen LogP) is 4.31. The third-order valence-corrected chi connectivity index (χ3v) is 8.88. The maximum atomic E-state index is 13.0. The Morgan fingerprint density at radius 1 is 1.14 bits per heavy atom. The minimum absolute atomic E-state index is 0.207. The molecule has 0 aliphatic heterocycles. The summed E-state index contributed by atoms with van der Waals surface area (Å²) in [6.07, 6.45) is 4.83. The van der Waals surface area contributed by atoms with E-state index in [2.05, 4.69) is 9.97 Å². The lowest BCUT2D eigenvalue weighted by Crippen LogP contribution is -2.28. The molecule has 0 saturated heterocycles. The van der Waals surface area contributed by atoms with E-state index in [4.69, 9.17) is 16.5 Å². The molecule has 1 saturated carbocycles. The highest BCUT2D eigenvalue weighted by Crippen LogP contribution is 2.45. The lowest BCUT2D eigenvalue weighted by Gasteiger charge is -2.27. The molecule has 6 nitrogen and oxygen atoms in total. The van der Waals surface area contributed by atoms with Gasteiger partial charge < -0.3 is 16.0 Å². The number of rotatable bonds is 4. The van der Waals surface area contributed by atoms with Crippen LogP contribution in [0.3, 0.4) is 0 Å². The van der Waals surface area contributed by atoms with Crippen LogP contribution in [0.25, 0.3) is 32.7 Å². The van der Waals surface area contributed by atoms with Gasteiger partial charge in [-0.2, -0.15) is 0 Å². The Bertz CT molecular complexity index is 1140. The van der Waals surface area contributed by atoms with E-state index >= 15 is 0 Å². The number of pyridine rings is 2. The Labute approximate surface area is 172 Å². The van der Waals surface area contributed by atoms with E-state index in [1.54, 1.807) is 17.8 Å². The van der Waals surface area contributed by atoms with Gasteiger partial charge in [-0.25, -0.2) is 15.0 Å². The second-order valence-corrected chi connectivity index (χ2v) is 10.4. The highest BCUT2D eigenvalue weighted by molar-refractivity contribution is 7.94. The van der Waals surface area contributed by atoms with Crippen LogP contribution in [-0.2, 0) is 11.2 Å². The van der Waals surface area contributed by atoms with E-state index in [0.717, 1.165) is 56.2 Å². The summed E-state index contributed by atoms with van der Waals surface area (Å²) < 4.78 is 13.7. The fourth-order valence-corrected chi connectivity index (χ4v) is 7.00. The fraction of sp³-hybridized carbons (Fsp3) is 0.211. The van der Waals surface area contributed by atoms with Gasteiger partial charge in [0.2, 0.25) is 4.21 Å². The summed E-state index contributed by atoms with van der Waals surface area (Å²) in [5.41, 5.74) is 18.0. The molecule has 1 aliphatic carbocycles. The molecule has 9 heteroatoms. The van der Waals surface area contributed by atoms with Crippen LogP contribution in [-0.4, -0.2) is 24.8 Å². The third-order valence-electron chi connectivity index (χ3n) is 4.99. The van der Waals surface area contributed by atoms with Crippen LogP contribution >= 0.6 is 22.7 Å². The number of nitrogens with two attached hydrogens (primary N) is 2. The minimum Gasteiger partial charge on any atom is -0.611 e. The van der Waals surface area contributed by atoms with Gasteiger partial charge in [-0.05, 0) is 37.5 Å². The zero-order valence-corrected chi connectivity index (χ0v) is 17.2. The van der Waals surface area contributed by atoms with Gasteiger partial charge in [0.25, 0.3) is 0 Å². The second kappa shape index (κ2) is 7.00. The Kier molecular flexibility index (Phi) is 4.47. The SMILES string of the molecule is Nc1ccc(-c2cc(-c3cscn3)c3c(N)c([S+]([O-])C4CCC4)sc3n2)cn1. The smallest absolute Gasteiger partial charge is 0.232 e. The van der Waals surface area contributed by atoms with E-state index in [1.807, 2.05) is 17.5 Å². The van der Waals surface area contributed by atoms with Gasteiger partial charge in [0.15, 0.2) is 0 Å². The first kappa shape index (κ1) is 17.9. The zero-order valence-electron chi connectivity index (χ0n) is 14.8. The Balaban J connectivity index is 1.72. The van der Waals surface area contributed by atoms with E-state index in [1.165, 1.54) is 22.7 Å². The number of anilines is 2. The van der Waals surface area contributed by atoms with Crippen LogP contribution in [0, 0.1) is 0 Å².